The zero-order valence-electron chi connectivity index (χ0n) is 17.7. The van der Waals surface area contributed by atoms with Crippen molar-refractivity contribution in [3.8, 4) is 28.4 Å². The summed E-state index contributed by atoms with van der Waals surface area (Å²) in [7, 11) is -1.77. The van der Waals surface area contributed by atoms with Gasteiger partial charge in [-0.1, -0.05) is 24.3 Å². The summed E-state index contributed by atoms with van der Waals surface area (Å²) < 4.78 is 43.5. The van der Waals surface area contributed by atoms with Crippen molar-refractivity contribution in [2.45, 2.75) is 19.4 Å². The quantitative estimate of drug-likeness (QED) is 0.572. The van der Waals surface area contributed by atoms with E-state index in [0.717, 1.165) is 40.0 Å². The van der Waals surface area contributed by atoms with Crippen LogP contribution in [0.25, 0.3) is 11.1 Å². The van der Waals surface area contributed by atoms with Gasteiger partial charge >= 0.3 is 0 Å². The molecule has 6 nitrogen and oxygen atoms in total. The minimum atomic E-state index is -3.39. The minimum Gasteiger partial charge on any atom is -0.496 e. The normalized spacial score (nSPS) is 14.7. The second kappa shape index (κ2) is 8.51. The number of sulfonamides is 1. The highest BCUT2D eigenvalue weighted by Crippen LogP contribution is 2.48. The standard InChI is InChI=1S/C24H25NO5S/c1-4-29-18-11-8-16(9-12-18)14-23-20-15-17(25-31(3,26)27)10-13-19(20)24-21(28-2)6-5-7-22(24)30-23/h5-13,15,23,25H,4,14H2,1-3H3. The van der Waals surface area contributed by atoms with Crippen molar-refractivity contribution in [2.75, 3.05) is 24.7 Å². The summed E-state index contributed by atoms with van der Waals surface area (Å²) in [5.41, 5.74) is 4.33. The van der Waals surface area contributed by atoms with Gasteiger partial charge in [-0.25, -0.2) is 8.42 Å². The van der Waals surface area contributed by atoms with Gasteiger partial charge in [0.05, 0.1) is 25.5 Å². The van der Waals surface area contributed by atoms with Gasteiger partial charge in [0.2, 0.25) is 10.0 Å². The highest BCUT2D eigenvalue weighted by molar-refractivity contribution is 7.92. The SMILES string of the molecule is CCOc1ccc(CC2Oc3cccc(OC)c3-c3ccc(NS(C)(=O)=O)cc32)cc1. The highest BCUT2D eigenvalue weighted by Gasteiger charge is 2.29. The summed E-state index contributed by atoms with van der Waals surface area (Å²) in [5, 5.41) is 0. The molecule has 0 saturated heterocycles. The van der Waals surface area contributed by atoms with Crippen LogP contribution in [0.1, 0.15) is 24.2 Å². The summed E-state index contributed by atoms with van der Waals surface area (Å²) in [6.07, 6.45) is 1.48. The zero-order chi connectivity index (χ0) is 22.0. The van der Waals surface area contributed by atoms with Gasteiger partial charge in [-0.3, -0.25) is 4.72 Å². The number of hydrogen-bond acceptors (Lipinski definition) is 5. The number of methoxy groups -OCH3 is 1. The second-order valence-corrected chi connectivity index (χ2v) is 9.15. The molecular formula is C24H25NO5S. The lowest BCUT2D eigenvalue weighted by Crippen LogP contribution is -2.18. The third kappa shape index (κ3) is 4.61. The Morgan fingerprint density at radius 1 is 1.06 bits per heavy atom. The molecule has 0 fully saturated rings. The van der Waals surface area contributed by atoms with Gasteiger partial charge in [-0.15, -0.1) is 0 Å². The largest absolute Gasteiger partial charge is 0.496 e. The second-order valence-electron chi connectivity index (χ2n) is 7.40. The summed E-state index contributed by atoms with van der Waals surface area (Å²) in [6, 6.07) is 19.2. The van der Waals surface area contributed by atoms with E-state index in [1.54, 1.807) is 13.2 Å². The van der Waals surface area contributed by atoms with Crippen LogP contribution in [0.15, 0.2) is 60.7 Å². The molecule has 1 aliphatic heterocycles. The molecular weight excluding hydrogens is 414 g/mol. The third-order valence-corrected chi connectivity index (χ3v) is 5.71. The number of ether oxygens (including phenoxy) is 3. The van der Waals surface area contributed by atoms with E-state index in [9.17, 15) is 8.42 Å². The Kier molecular flexibility index (Phi) is 5.78. The van der Waals surface area contributed by atoms with Crippen molar-refractivity contribution in [3.05, 3.63) is 71.8 Å². The molecule has 31 heavy (non-hydrogen) atoms. The van der Waals surface area contributed by atoms with Gasteiger partial charge in [-0.2, -0.15) is 0 Å². The number of anilines is 1. The first kappa shape index (κ1) is 21.1. The maximum Gasteiger partial charge on any atom is 0.229 e. The summed E-state index contributed by atoms with van der Waals surface area (Å²) >= 11 is 0. The fourth-order valence-electron chi connectivity index (χ4n) is 3.85. The van der Waals surface area contributed by atoms with E-state index >= 15 is 0 Å². The molecule has 4 rings (SSSR count). The fourth-order valence-corrected chi connectivity index (χ4v) is 4.41. The number of nitrogens with one attached hydrogen (secondary N) is 1. The molecule has 3 aromatic carbocycles. The summed E-state index contributed by atoms with van der Waals surface area (Å²) in [5.74, 6) is 2.28. The molecule has 0 radical (unpaired) electrons. The van der Waals surface area contributed by atoms with Crippen molar-refractivity contribution in [3.63, 3.8) is 0 Å². The van der Waals surface area contributed by atoms with Gasteiger partial charge in [0.15, 0.2) is 0 Å². The Morgan fingerprint density at radius 2 is 1.84 bits per heavy atom. The molecule has 0 bridgehead atoms. The van der Waals surface area contributed by atoms with E-state index in [-0.39, 0.29) is 6.10 Å². The molecule has 0 amide bonds. The van der Waals surface area contributed by atoms with Crippen LogP contribution in [0.3, 0.4) is 0 Å². The third-order valence-electron chi connectivity index (χ3n) is 5.10. The summed E-state index contributed by atoms with van der Waals surface area (Å²) in [4.78, 5) is 0. The zero-order valence-corrected chi connectivity index (χ0v) is 18.5. The van der Waals surface area contributed by atoms with E-state index in [4.69, 9.17) is 14.2 Å². The Morgan fingerprint density at radius 3 is 2.52 bits per heavy atom. The first-order valence-electron chi connectivity index (χ1n) is 10.1. The van der Waals surface area contributed by atoms with E-state index in [2.05, 4.69) is 4.72 Å². The van der Waals surface area contributed by atoms with Gasteiger partial charge < -0.3 is 14.2 Å². The van der Waals surface area contributed by atoms with Gasteiger partial charge in [-0.05, 0) is 54.4 Å². The van der Waals surface area contributed by atoms with Crippen molar-refractivity contribution in [2.24, 2.45) is 0 Å². The first-order valence-corrected chi connectivity index (χ1v) is 11.9. The summed E-state index contributed by atoms with van der Waals surface area (Å²) in [6.45, 7) is 2.57. The van der Waals surface area contributed by atoms with Crippen LogP contribution in [-0.4, -0.2) is 28.4 Å². The number of rotatable bonds is 7. The predicted octanol–water partition coefficient (Wildman–Crippen LogP) is 4.81. The molecule has 0 spiro atoms. The lowest BCUT2D eigenvalue weighted by Gasteiger charge is -2.30. The Labute approximate surface area is 182 Å². The lowest BCUT2D eigenvalue weighted by atomic mass is 9.89. The van der Waals surface area contributed by atoms with Crippen LogP contribution in [0.2, 0.25) is 0 Å². The van der Waals surface area contributed by atoms with Gasteiger partial charge in [0.25, 0.3) is 0 Å². The Hall–Kier alpha value is -3.19. The van der Waals surface area contributed by atoms with Crippen molar-refractivity contribution >= 4 is 15.7 Å². The van der Waals surface area contributed by atoms with E-state index in [1.165, 1.54) is 0 Å². The fraction of sp³-hybridized carbons (Fsp3) is 0.250. The topological polar surface area (TPSA) is 73.9 Å². The molecule has 7 heteroatoms. The monoisotopic (exact) mass is 439 g/mol. The van der Waals surface area contributed by atoms with Gasteiger partial charge in [0.1, 0.15) is 23.4 Å². The first-order chi connectivity index (χ1) is 14.9. The molecule has 1 atom stereocenters. The molecule has 0 saturated carbocycles. The van der Waals surface area contributed by atoms with E-state index in [0.29, 0.717) is 24.5 Å². The van der Waals surface area contributed by atoms with Crippen LogP contribution in [0, 0.1) is 0 Å². The molecule has 3 aromatic rings. The maximum absolute atomic E-state index is 11.8. The van der Waals surface area contributed by atoms with Crippen molar-refractivity contribution in [1.82, 2.24) is 0 Å². The average Bonchev–Trinajstić information content (AvgIpc) is 2.74. The molecule has 1 N–H and O–H groups in total. The molecule has 1 aliphatic rings. The Bertz CT molecular complexity index is 1190. The molecule has 0 aliphatic carbocycles. The van der Waals surface area contributed by atoms with Crippen molar-refractivity contribution < 1.29 is 22.6 Å². The average molecular weight is 440 g/mol. The Balaban J connectivity index is 1.75. The van der Waals surface area contributed by atoms with Gasteiger partial charge in [0, 0.05) is 17.7 Å². The van der Waals surface area contributed by atoms with E-state index in [1.807, 2.05) is 61.5 Å². The van der Waals surface area contributed by atoms with Crippen LogP contribution in [-0.2, 0) is 16.4 Å². The van der Waals surface area contributed by atoms with Crippen LogP contribution < -0.4 is 18.9 Å². The number of hydrogen-bond donors (Lipinski definition) is 1. The molecule has 162 valence electrons. The molecule has 0 aromatic heterocycles. The smallest absolute Gasteiger partial charge is 0.229 e. The van der Waals surface area contributed by atoms with Crippen LogP contribution >= 0.6 is 0 Å². The van der Waals surface area contributed by atoms with Crippen molar-refractivity contribution in [1.29, 1.82) is 0 Å². The highest BCUT2D eigenvalue weighted by atomic mass is 32.2. The van der Waals surface area contributed by atoms with Crippen LogP contribution in [0.5, 0.6) is 17.2 Å². The minimum absolute atomic E-state index is 0.283. The maximum atomic E-state index is 11.8. The van der Waals surface area contributed by atoms with Crippen LogP contribution in [0.4, 0.5) is 5.69 Å². The van der Waals surface area contributed by atoms with E-state index < -0.39 is 10.0 Å². The number of fused-ring (bicyclic) bond motifs is 3. The molecule has 1 heterocycles. The molecule has 1 unspecified atom stereocenters. The lowest BCUT2D eigenvalue weighted by molar-refractivity contribution is 0.201. The number of benzene rings is 3. The predicted molar refractivity (Wildman–Crippen MR) is 122 cm³/mol.